The van der Waals surface area contributed by atoms with E-state index in [0.29, 0.717) is 12.2 Å². The Bertz CT molecular complexity index is 1340. The third-order valence-electron chi connectivity index (χ3n) is 10.5. The fraction of sp³-hybridized carbons (Fsp3) is 0.620. The summed E-state index contributed by atoms with van der Waals surface area (Å²) in [7, 11) is 0. The summed E-state index contributed by atoms with van der Waals surface area (Å²) in [6.45, 7) is 5.01. The van der Waals surface area contributed by atoms with Crippen LogP contribution in [0.25, 0.3) is 11.1 Å². The van der Waals surface area contributed by atoms with E-state index in [4.69, 9.17) is 18.9 Å². The summed E-state index contributed by atoms with van der Waals surface area (Å²) in [5, 5.41) is 0. The van der Waals surface area contributed by atoms with Gasteiger partial charge in [0.1, 0.15) is 17.2 Å². The van der Waals surface area contributed by atoms with Gasteiger partial charge in [0.25, 0.3) is 0 Å². The first-order valence-corrected chi connectivity index (χ1v) is 23.3. The van der Waals surface area contributed by atoms with Gasteiger partial charge in [-0.05, 0) is 97.5 Å². The fourth-order valence-electron chi connectivity index (χ4n) is 6.94. The minimum absolute atomic E-state index is 0.248. The number of rotatable bonds is 36. The maximum atomic E-state index is 12.4. The molecule has 0 saturated heterocycles. The third-order valence-corrected chi connectivity index (χ3v) is 10.8. The van der Waals surface area contributed by atoms with Gasteiger partial charge < -0.3 is 18.9 Å². The van der Waals surface area contributed by atoms with Crippen molar-refractivity contribution in [2.24, 2.45) is 0 Å². The molecule has 0 atom stereocenters. The van der Waals surface area contributed by atoms with Crippen LogP contribution in [0.5, 0.6) is 17.2 Å². The van der Waals surface area contributed by atoms with Crippen LogP contribution < -0.4 is 14.2 Å². The summed E-state index contributed by atoms with van der Waals surface area (Å²) in [5.74, 6) is 3.47. The zero-order valence-corrected chi connectivity index (χ0v) is 36.0. The van der Waals surface area contributed by atoms with E-state index in [0.717, 1.165) is 74.9 Å². The van der Waals surface area contributed by atoms with Crippen LogP contribution in [-0.4, -0.2) is 38.1 Å². The molecule has 0 fully saturated rings. The van der Waals surface area contributed by atoms with Crippen molar-refractivity contribution in [3.8, 4) is 28.4 Å². The number of benzene rings is 3. The van der Waals surface area contributed by atoms with Gasteiger partial charge in [0.2, 0.25) is 0 Å². The van der Waals surface area contributed by atoms with E-state index in [9.17, 15) is 4.79 Å². The van der Waals surface area contributed by atoms with E-state index in [2.05, 4.69) is 68.1 Å². The quantitative estimate of drug-likeness (QED) is 0.0361. The molecular formula is C50H76O5S. The Kier molecular flexibility index (Phi) is 27.8. The number of carbonyl (C=O) groups is 1. The van der Waals surface area contributed by atoms with Gasteiger partial charge in [-0.3, -0.25) is 0 Å². The Morgan fingerprint density at radius 1 is 0.393 bits per heavy atom. The van der Waals surface area contributed by atoms with Gasteiger partial charge in [-0.1, -0.05) is 160 Å². The van der Waals surface area contributed by atoms with Gasteiger partial charge in [0.05, 0.1) is 32.0 Å². The molecule has 3 aromatic carbocycles. The Labute approximate surface area is 347 Å². The summed E-state index contributed by atoms with van der Waals surface area (Å²) >= 11 is 4.28. The highest BCUT2D eigenvalue weighted by Gasteiger charge is 2.07. The Morgan fingerprint density at radius 2 is 0.696 bits per heavy atom. The molecule has 0 aromatic heterocycles. The lowest BCUT2D eigenvalue weighted by molar-refractivity contribution is 0.0497. The number of hydrogen-bond acceptors (Lipinski definition) is 6. The average molecular weight is 789 g/mol. The van der Waals surface area contributed by atoms with Gasteiger partial charge >= 0.3 is 5.97 Å². The number of esters is 1. The fourth-order valence-corrected chi connectivity index (χ4v) is 7.17. The third kappa shape index (κ3) is 23.2. The molecule has 0 saturated carbocycles. The first-order valence-electron chi connectivity index (χ1n) is 22.7. The van der Waals surface area contributed by atoms with E-state index in [-0.39, 0.29) is 5.97 Å². The van der Waals surface area contributed by atoms with Crippen LogP contribution in [0.1, 0.15) is 178 Å². The van der Waals surface area contributed by atoms with Crippen LogP contribution in [0, 0.1) is 0 Å². The van der Waals surface area contributed by atoms with Crippen LogP contribution >= 0.6 is 12.6 Å². The smallest absolute Gasteiger partial charge is 0.338 e. The molecule has 3 rings (SSSR count). The highest BCUT2D eigenvalue weighted by Crippen LogP contribution is 2.25. The van der Waals surface area contributed by atoms with Crippen molar-refractivity contribution >= 4 is 18.6 Å². The highest BCUT2D eigenvalue weighted by molar-refractivity contribution is 7.80. The molecule has 0 amide bonds. The first-order chi connectivity index (χ1) is 27.7. The summed E-state index contributed by atoms with van der Waals surface area (Å²) < 4.78 is 23.4. The van der Waals surface area contributed by atoms with E-state index in [1.54, 1.807) is 0 Å². The summed E-state index contributed by atoms with van der Waals surface area (Å²) in [5.41, 5.74) is 2.97. The van der Waals surface area contributed by atoms with Crippen molar-refractivity contribution in [1.82, 2.24) is 0 Å². The minimum Gasteiger partial charge on any atom is -0.494 e. The number of hydrogen-bond donors (Lipinski definition) is 1. The van der Waals surface area contributed by atoms with Crippen LogP contribution in [0.4, 0.5) is 0 Å². The molecule has 0 radical (unpaired) electrons. The first kappa shape index (κ1) is 47.3. The number of carbonyl (C=O) groups excluding carboxylic acids is 1. The highest BCUT2D eigenvalue weighted by atomic mass is 32.1. The van der Waals surface area contributed by atoms with E-state index in [1.165, 1.54) is 140 Å². The Hall–Kier alpha value is -3.12. The molecule has 56 heavy (non-hydrogen) atoms. The molecule has 0 N–H and O–H groups in total. The lowest BCUT2D eigenvalue weighted by Gasteiger charge is -2.09. The molecule has 0 spiro atoms. The molecule has 0 aliphatic carbocycles. The number of ether oxygens (including phenoxy) is 4. The second-order valence-corrected chi connectivity index (χ2v) is 15.9. The van der Waals surface area contributed by atoms with Crippen LogP contribution in [0.3, 0.4) is 0 Å². The van der Waals surface area contributed by atoms with Crippen molar-refractivity contribution < 1.29 is 23.7 Å². The predicted molar refractivity (Wildman–Crippen MR) is 240 cm³/mol. The van der Waals surface area contributed by atoms with Crippen molar-refractivity contribution in [3.05, 3.63) is 78.4 Å². The van der Waals surface area contributed by atoms with E-state index >= 15 is 0 Å². The van der Waals surface area contributed by atoms with Gasteiger partial charge in [-0.25, -0.2) is 4.79 Å². The molecule has 0 aliphatic heterocycles. The second-order valence-electron chi connectivity index (χ2n) is 15.5. The second kappa shape index (κ2) is 32.9. The zero-order chi connectivity index (χ0) is 39.6. The molecule has 312 valence electrons. The van der Waals surface area contributed by atoms with Gasteiger partial charge in [0.15, 0.2) is 0 Å². The Balaban J connectivity index is 1.11. The summed E-state index contributed by atoms with van der Waals surface area (Å²) in [6.07, 6.45) is 31.1. The SMILES string of the molecule is CCCCCCCCCCOc1ccc(C(=O)OCCCCCCCCCCOc2ccc(-c3ccc(OCCCCCCCCCCCS)cc3)cc2)cc1. The zero-order valence-electron chi connectivity index (χ0n) is 35.1. The Morgan fingerprint density at radius 3 is 1.05 bits per heavy atom. The van der Waals surface area contributed by atoms with Crippen molar-refractivity contribution in [1.29, 1.82) is 0 Å². The predicted octanol–water partition coefficient (Wildman–Crippen LogP) is 15.0. The lowest BCUT2D eigenvalue weighted by atomic mass is 10.1. The van der Waals surface area contributed by atoms with Crippen molar-refractivity contribution in [3.63, 3.8) is 0 Å². The number of thiol groups is 1. The van der Waals surface area contributed by atoms with Crippen LogP contribution in [-0.2, 0) is 4.74 Å². The standard InChI is InChI=1S/C50H76O5S/c1-2-3-4-5-6-12-17-22-41-54-49-37-31-46(32-38-49)50(51)55-42-25-20-15-10-9-14-19-24-40-53-48-35-29-45(30-36-48)44-27-33-47(34-28-44)52-39-23-18-13-8-7-11-16-21-26-43-56/h27-38,56H,2-26,39-43H2,1H3. The van der Waals surface area contributed by atoms with E-state index in [1.807, 2.05) is 24.3 Å². The number of unbranched alkanes of at least 4 members (excludes halogenated alkanes) is 22. The lowest BCUT2D eigenvalue weighted by Crippen LogP contribution is -2.06. The monoisotopic (exact) mass is 789 g/mol. The largest absolute Gasteiger partial charge is 0.494 e. The molecule has 0 unspecified atom stereocenters. The molecular weight excluding hydrogens is 713 g/mol. The normalized spacial score (nSPS) is 11.1. The van der Waals surface area contributed by atoms with Crippen LogP contribution in [0.2, 0.25) is 0 Å². The van der Waals surface area contributed by atoms with Crippen molar-refractivity contribution in [2.45, 2.75) is 167 Å². The van der Waals surface area contributed by atoms with Crippen LogP contribution in [0.15, 0.2) is 72.8 Å². The van der Waals surface area contributed by atoms with Gasteiger partial charge in [-0.15, -0.1) is 0 Å². The molecule has 0 aliphatic rings. The maximum absolute atomic E-state index is 12.4. The van der Waals surface area contributed by atoms with Crippen molar-refractivity contribution in [2.75, 3.05) is 32.2 Å². The summed E-state index contributed by atoms with van der Waals surface area (Å²) in [4.78, 5) is 12.4. The molecule has 3 aromatic rings. The summed E-state index contributed by atoms with van der Waals surface area (Å²) in [6, 6.07) is 24.2. The molecule has 0 heterocycles. The van der Waals surface area contributed by atoms with Gasteiger partial charge in [-0.2, -0.15) is 12.6 Å². The topological polar surface area (TPSA) is 54.0 Å². The molecule has 5 nitrogen and oxygen atoms in total. The van der Waals surface area contributed by atoms with E-state index < -0.39 is 0 Å². The minimum atomic E-state index is -0.248. The average Bonchev–Trinajstić information content (AvgIpc) is 3.23. The molecule has 0 bridgehead atoms. The van der Waals surface area contributed by atoms with Gasteiger partial charge in [0, 0.05) is 0 Å². The molecule has 6 heteroatoms. The maximum Gasteiger partial charge on any atom is 0.338 e.